The molecule has 0 saturated heterocycles. The van der Waals surface area contributed by atoms with E-state index in [0.717, 1.165) is 31.6 Å². The molecule has 4 rings (SSSR count). The Morgan fingerprint density at radius 2 is 2.32 bits per heavy atom. The summed E-state index contributed by atoms with van der Waals surface area (Å²) in [5.74, 6) is -0.294. The van der Waals surface area contributed by atoms with Gasteiger partial charge < -0.3 is 10.4 Å². The third-order valence-corrected chi connectivity index (χ3v) is 5.24. The number of aromatic carboxylic acids is 1. The van der Waals surface area contributed by atoms with Crippen molar-refractivity contribution < 1.29 is 9.90 Å². The van der Waals surface area contributed by atoms with Crippen LogP contribution in [-0.2, 0) is 13.1 Å². The average molecular weight is 318 g/mol. The van der Waals surface area contributed by atoms with Gasteiger partial charge in [-0.2, -0.15) is 5.10 Å². The normalized spacial score (nSPS) is 20.8. The predicted molar refractivity (Wildman–Crippen MR) is 82.1 cm³/mol. The molecule has 0 aromatic carbocycles. The zero-order valence-corrected chi connectivity index (χ0v) is 13.0. The lowest BCUT2D eigenvalue weighted by molar-refractivity contribution is 0.0689. The second-order valence-electron chi connectivity index (χ2n) is 5.99. The minimum atomic E-state index is -0.959. The van der Waals surface area contributed by atoms with Gasteiger partial charge in [0.25, 0.3) is 0 Å². The molecule has 1 aliphatic heterocycles. The standard InChI is InChI=1S/C15H18N4O2S/c20-15(21)11-6-12-10(2-1-5-19(12)18-11)16-7-13-14(9-3-4-9)17-8-22-13/h6,8-10,16H,1-5,7H2,(H,20,21). The predicted octanol–water partition coefficient (Wildman–Crippen LogP) is 2.54. The molecule has 6 nitrogen and oxygen atoms in total. The van der Waals surface area contributed by atoms with Gasteiger partial charge >= 0.3 is 5.97 Å². The summed E-state index contributed by atoms with van der Waals surface area (Å²) >= 11 is 1.71. The molecule has 0 bridgehead atoms. The topological polar surface area (TPSA) is 80.0 Å². The van der Waals surface area contributed by atoms with Gasteiger partial charge in [-0.05, 0) is 31.7 Å². The maximum Gasteiger partial charge on any atom is 0.356 e. The number of carboxylic acids is 1. The number of carboxylic acid groups (broad SMARTS) is 1. The minimum Gasteiger partial charge on any atom is -0.476 e. The zero-order valence-electron chi connectivity index (χ0n) is 12.2. The Labute approximate surface area is 132 Å². The number of thiazole rings is 1. The first kappa shape index (κ1) is 13.9. The van der Waals surface area contributed by atoms with Crippen molar-refractivity contribution in [2.45, 2.75) is 50.7 Å². The summed E-state index contributed by atoms with van der Waals surface area (Å²) in [6.45, 7) is 1.60. The van der Waals surface area contributed by atoms with Crippen molar-refractivity contribution in [2.24, 2.45) is 0 Å². The number of nitrogens with one attached hydrogen (secondary N) is 1. The van der Waals surface area contributed by atoms with Crippen molar-refractivity contribution >= 4 is 17.3 Å². The van der Waals surface area contributed by atoms with Gasteiger partial charge in [0.05, 0.1) is 16.9 Å². The Morgan fingerprint density at radius 3 is 3.09 bits per heavy atom. The SMILES string of the molecule is O=C(O)c1cc2n(n1)CCCC2NCc1scnc1C1CC1. The van der Waals surface area contributed by atoms with Gasteiger partial charge in [0.1, 0.15) is 0 Å². The monoisotopic (exact) mass is 318 g/mol. The molecule has 2 aromatic heterocycles. The molecule has 0 spiro atoms. The van der Waals surface area contributed by atoms with Crippen molar-refractivity contribution in [1.82, 2.24) is 20.1 Å². The van der Waals surface area contributed by atoms with Gasteiger partial charge in [0, 0.05) is 29.9 Å². The molecule has 2 aliphatic rings. The van der Waals surface area contributed by atoms with Gasteiger partial charge in [-0.1, -0.05) is 0 Å². The number of carbonyl (C=O) groups is 1. The fourth-order valence-electron chi connectivity index (χ4n) is 3.11. The number of fused-ring (bicyclic) bond motifs is 1. The van der Waals surface area contributed by atoms with Crippen LogP contribution in [0, 0.1) is 0 Å². The van der Waals surface area contributed by atoms with Gasteiger partial charge in [-0.25, -0.2) is 9.78 Å². The third-order valence-electron chi connectivity index (χ3n) is 4.40. The lowest BCUT2D eigenvalue weighted by Gasteiger charge is -2.24. The molecule has 116 valence electrons. The lowest BCUT2D eigenvalue weighted by atomic mass is 10.0. The van der Waals surface area contributed by atoms with Gasteiger partial charge in [0.15, 0.2) is 5.69 Å². The van der Waals surface area contributed by atoms with Crippen LogP contribution in [0.3, 0.4) is 0 Å². The molecule has 1 unspecified atom stereocenters. The van der Waals surface area contributed by atoms with E-state index in [2.05, 4.69) is 15.4 Å². The quantitative estimate of drug-likeness (QED) is 0.885. The van der Waals surface area contributed by atoms with Crippen LogP contribution in [0.15, 0.2) is 11.6 Å². The van der Waals surface area contributed by atoms with Gasteiger partial charge in [-0.3, -0.25) is 4.68 Å². The fraction of sp³-hybridized carbons (Fsp3) is 0.533. The van der Waals surface area contributed by atoms with E-state index in [4.69, 9.17) is 5.11 Å². The van der Waals surface area contributed by atoms with Crippen LogP contribution < -0.4 is 5.32 Å². The highest BCUT2D eigenvalue weighted by atomic mass is 32.1. The summed E-state index contributed by atoms with van der Waals surface area (Å²) in [6, 6.07) is 1.87. The Morgan fingerprint density at radius 1 is 1.45 bits per heavy atom. The molecule has 1 atom stereocenters. The number of aromatic nitrogens is 3. The van der Waals surface area contributed by atoms with Crippen molar-refractivity contribution in [3.05, 3.63) is 33.5 Å². The van der Waals surface area contributed by atoms with Crippen molar-refractivity contribution in [3.63, 3.8) is 0 Å². The molecule has 0 radical (unpaired) electrons. The first-order valence-corrected chi connectivity index (χ1v) is 8.57. The molecule has 1 saturated carbocycles. The van der Waals surface area contributed by atoms with Crippen molar-refractivity contribution in [2.75, 3.05) is 0 Å². The van der Waals surface area contributed by atoms with Crippen LogP contribution >= 0.6 is 11.3 Å². The van der Waals surface area contributed by atoms with E-state index in [0.29, 0.717) is 5.92 Å². The van der Waals surface area contributed by atoms with Crippen LogP contribution in [-0.4, -0.2) is 25.8 Å². The Bertz CT molecular complexity index is 704. The van der Waals surface area contributed by atoms with E-state index in [9.17, 15) is 4.79 Å². The van der Waals surface area contributed by atoms with Crippen LogP contribution in [0.4, 0.5) is 0 Å². The van der Waals surface area contributed by atoms with Gasteiger partial charge in [0.2, 0.25) is 0 Å². The van der Waals surface area contributed by atoms with Crippen LogP contribution in [0.1, 0.15) is 64.4 Å². The Balaban J connectivity index is 1.50. The Kier molecular flexibility index (Phi) is 3.46. The summed E-state index contributed by atoms with van der Waals surface area (Å²) in [4.78, 5) is 16.9. The maximum absolute atomic E-state index is 11.1. The Hall–Kier alpha value is -1.73. The van der Waals surface area contributed by atoms with E-state index in [1.807, 2.05) is 10.2 Å². The first-order chi connectivity index (χ1) is 10.7. The summed E-state index contributed by atoms with van der Waals surface area (Å²) in [7, 11) is 0. The summed E-state index contributed by atoms with van der Waals surface area (Å²) in [6.07, 6.45) is 4.55. The maximum atomic E-state index is 11.1. The molecular weight excluding hydrogens is 300 g/mol. The molecule has 7 heteroatoms. The molecule has 0 amide bonds. The van der Waals surface area contributed by atoms with Crippen molar-refractivity contribution in [1.29, 1.82) is 0 Å². The molecule has 1 fully saturated rings. The number of aryl methyl sites for hydroxylation is 1. The summed E-state index contributed by atoms with van der Waals surface area (Å²) < 4.78 is 1.83. The van der Waals surface area contributed by atoms with Crippen molar-refractivity contribution in [3.8, 4) is 0 Å². The molecule has 3 heterocycles. The number of hydrogen-bond donors (Lipinski definition) is 2. The number of rotatable bonds is 5. The highest BCUT2D eigenvalue weighted by Crippen LogP contribution is 2.42. The molecule has 1 aliphatic carbocycles. The smallest absolute Gasteiger partial charge is 0.356 e. The molecule has 2 N–H and O–H groups in total. The summed E-state index contributed by atoms with van der Waals surface area (Å²) in [5, 5.41) is 16.8. The minimum absolute atomic E-state index is 0.139. The fourth-order valence-corrected chi connectivity index (χ4v) is 3.91. The second-order valence-corrected chi connectivity index (χ2v) is 6.93. The van der Waals surface area contributed by atoms with E-state index >= 15 is 0 Å². The zero-order chi connectivity index (χ0) is 15.1. The van der Waals surface area contributed by atoms with Gasteiger partial charge in [-0.15, -0.1) is 11.3 Å². The van der Waals surface area contributed by atoms with Crippen LogP contribution in [0.25, 0.3) is 0 Å². The highest BCUT2D eigenvalue weighted by Gasteiger charge is 2.29. The largest absolute Gasteiger partial charge is 0.476 e. The van der Waals surface area contributed by atoms with Crippen LogP contribution in [0.2, 0.25) is 0 Å². The number of hydrogen-bond acceptors (Lipinski definition) is 5. The lowest BCUT2D eigenvalue weighted by Crippen LogP contribution is -2.27. The van der Waals surface area contributed by atoms with E-state index in [-0.39, 0.29) is 11.7 Å². The first-order valence-electron chi connectivity index (χ1n) is 7.69. The number of nitrogens with zero attached hydrogens (tertiary/aromatic N) is 3. The third kappa shape index (κ3) is 2.55. The molecule has 22 heavy (non-hydrogen) atoms. The van der Waals surface area contributed by atoms with E-state index < -0.39 is 5.97 Å². The molecular formula is C15H18N4O2S. The highest BCUT2D eigenvalue weighted by molar-refractivity contribution is 7.09. The second kappa shape index (κ2) is 5.48. The summed E-state index contributed by atoms with van der Waals surface area (Å²) in [5.41, 5.74) is 4.31. The van der Waals surface area contributed by atoms with E-state index in [1.54, 1.807) is 17.4 Å². The average Bonchev–Trinajstić information content (AvgIpc) is 3.08. The van der Waals surface area contributed by atoms with E-state index in [1.165, 1.54) is 23.4 Å². The van der Waals surface area contributed by atoms with Crippen LogP contribution in [0.5, 0.6) is 0 Å². The molecule has 2 aromatic rings.